The number of furan rings is 1. The molecule has 0 saturated heterocycles. The zero-order chi connectivity index (χ0) is 18.5. The molecule has 0 fully saturated rings. The van der Waals surface area contributed by atoms with Crippen LogP contribution >= 0.6 is 0 Å². The highest BCUT2D eigenvalue weighted by Crippen LogP contribution is 2.22. The molecule has 0 radical (unpaired) electrons. The lowest BCUT2D eigenvalue weighted by Gasteiger charge is -2.13. The van der Waals surface area contributed by atoms with Crippen molar-refractivity contribution < 1.29 is 14.0 Å². The molecular weight excluding hydrogens is 330 g/mol. The van der Waals surface area contributed by atoms with Gasteiger partial charge in [-0.05, 0) is 43.0 Å². The number of H-pyrrole nitrogens is 1. The smallest absolute Gasteiger partial charge is 0.287 e. The van der Waals surface area contributed by atoms with Crippen LogP contribution < -0.4 is 10.6 Å². The Labute approximate surface area is 152 Å². The van der Waals surface area contributed by atoms with E-state index in [9.17, 15) is 9.59 Å². The molecule has 1 aromatic carbocycles. The monoisotopic (exact) mass is 353 g/mol. The van der Waals surface area contributed by atoms with E-state index in [1.54, 1.807) is 19.1 Å². The van der Waals surface area contributed by atoms with Gasteiger partial charge in [-0.2, -0.15) is 0 Å². The van der Waals surface area contributed by atoms with Crippen LogP contribution in [-0.4, -0.2) is 29.4 Å². The molecule has 26 heavy (non-hydrogen) atoms. The van der Waals surface area contributed by atoms with Gasteiger partial charge in [-0.15, -0.1) is 0 Å². The Morgan fingerprint density at radius 1 is 1.19 bits per heavy atom. The maximum atomic E-state index is 12.2. The first-order valence-electron chi connectivity index (χ1n) is 8.80. The molecule has 0 saturated carbocycles. The molecule has 6 nitrogen and oxygen atoms in total. The molecular formula is C20H23N3O3. The maximum absolute atomic E-state index is 12.2. The third-order valence-corrected chi connectivity index (χ3v) is 4.45. The molecule has 3 aromatic rings. The highest BCUT2D eigenvalue weighted by Gasteiger charge is 2.17. The molecule has 6 heteroatoms. The van der Waals surface area contributed by atoms with E-state index in [1.807, 2.05) is 6.20 Å². The van der Waals surface area contributed by atoms with Gasteiger partial charge in [0.25, 0.3) is 5.91 Å². The molecule has 3 N–H and O–H groups in total. The topological polar surface area (TPSA) is 87.1 Å². The molecule has 3 rings (SSSR count). The van der Waals surface area contributed by atoms with Gasteiger partial charge in [-0.3, -0.25) is 9.59 Å². The molecule has 0 aliphatic carbocycles. The molecule has 136 valence electrons. The molecule has 0 spiro atoms. The Morgan fingerprint density at radius 2 is 2.04 bits per heavy atom. The molecule has 1 atom stereocenters. The molecule has 0 bridgehead atoms. The van der Waals surface area contributed by atoms with Crippen molar-refractivity contribution >= 4 is 22.7 Å². The van der Waals surface area contributed by atoms with Gasteiger partial charge in [0.05, 0.1) is 6.26 Å². The summed E-state index contributed by atoms with van der Waals surface area (Å²) in [5, 5.41) is 6.68. The molecule has 1 unspecified atom stereocenters. The number of carbonyl (C=O) groups is 2. The van der Waals surface area contributed by atoms with E-state index >= 15 is 0 Å². The minimum atomic E-state index is -0.637. The first-order chi connectivity index (χ1) is 12.6. The van der Waals surface area contributed by atoms with Crippen molar-refractivity contribution in [3.8, 4) is 0 Å². The Balaban J connectivity index is 1.53. The minimum Gasteiger partial charge on any atom is -0.459 e. The van der Waals surface area contributed by atoms with Gasteiger partial charge in [0, 0.05) is 23.6 Å². The van der Waals surface area contributed by atoms with E-state index < -0.39 is 11.9 Å². The minimum absolute atomic E-state index is 0.190. The van der Waals surface area contributed by atoms with E-state index in [1.165, 1.54) is 22.8 Å². The summed E-state index contributed by atoms with van der Waals surface area (Å²) in [6.07, 6.45) is 5.11. The van der Waals surface area contributed by atoms with Crippen LogP contribution in [0.2, 0.25) is 0 Å². The van der Waals surface area contributed by atoms with Crippen LogP contribution in [0.15, 0.2) is 47.2 Å². The number of rotatable bonds is 7. The van der Waals surface area contributed by atoms with Gasteiger partial charge in [0.1, 0.15) is 6.04 Å². The van der Waals surface area contributed by atoms with E-state index in [-0.39, 0.29) is 11.7 Å². The maximum Gasteiger partial charge on any atom is 0.287 e. The normalized spacial score (nSPS) is 12.1. The van der Waals surface area contributed by atoms with Crippen molar-refractivity contribution in [1.82, 2.24) is 15.6 Å². The Hall–Kier alpha value is -3.02. The third kappa shape index (κ3) is 3.79. The van der Waals surface area contributed by atoms with E-state index in [0.717, 1.165) is 18.4 Å². The number of hydrogen-bond donors (Lipinski definition) is 3. The Bertz CT molecular complexity index is 896. The fourth-order valence-electron chi connectivity index (χ4n) is 2.99. The number of para-hydroxylation sites is 1. The van der Waals surface area contributed by atoms with Crippen molar-refractivity contribution in [3.63, 3.8) is 0 Å². The molecule has 0 aliphatic heterocycles. The van der Waals surface area contributed by atoms with E-state index in [4.69, 9.17) is 4.42 Å². The fraction of sp³-hybridized carbons (Fsp3) is 0.300. The average Bonchev–Trinajstić information content (AvgIpc) is 3.31. The lowest BCUT2D eigenvalue weighted by Crippen LogP contribution is -2.45. The van der Waals surface area contributed by atoms with Crippen molar-refractivity contribution in [2.45, 2.75) is 32.7 Å². The highest BCUT2D eigenvalue weighted by atomic mass is 16.3. The number of hydrogen-bond acceptors (Lipinski definition) is 3. The number of nitrogens with one attached hydrogen (secondary N) is 3. The molecule has 2 amide bonds. The number of aryl methyl sites for hydroxylation is 1. The van der Waals surface area contributed by atoms with Crippen molar-refractivity contribution in [2.75, 3.05) is 6.54 Å². The van der Waals surface area contributed by atoms with Gasteiger partial charge in [-0.1, -0.05) is 25.1 Å². The van der Waals surface area contributed by atoms with Crippen LogP contribution in [0, 0.1) is 0 Å². The quantitative estimate of drug-likeness (QED) is 0.610. The van der Waals surface area contributed by atoms with Crippen molar-refractivity contribution in [2.24, 2.45) is 0 Å². The van der Waals surface area contributed by atoms with Gasteiger partial charge in [0.15, 0.2) is 5.76 Å². The number of fused-ring (bicyclic) bond motifs is 1. The van der Waals surface area contributed by atoms with E-state index in [2.05, 4.69) is 40.7 Å². The zero-order valence-corrected chi connectivity index (χ0v) is 15.0. The summed E-state index contributed by atoms with van der Waals surface area (Å²) in [5.74, 6) is -0.435. The second-order valence-corrected chi connectivity index (χ2v) is 6.22. The number of benzene rings is 1. The SMILES string of the molecule is CCc1cccc2c(CCNC(=O)C(C)NC(=O)c3ccco3)c[nH]c12. The lowest BCUT2D eigenvalue weighted by molar-refractivity contribution is -0.122. The van der Waals surface area contributed by atoms with Crippen LogP contribution in [-0.2, 0) is 17.6 Å². The van der Waals surface area contributed by atoms with Crippen LogP contribution in [0.1, 0.15) is 35.5 Å². The summed E-state index contributed by atoms with van der Waals surface area (Å²) >= 11 is 0. The van der Waals surface area contributed by atoms with Crippen LogP contribution in [0.4, 0.5) is 0 Å². The Morgan fingerprint density at radius 3 is 2.77 bits per heavy atom. The largest absolute Gasteiger partial charge is 0.459 e. The van der Waals surface area contributed by atoms with Gasteiger partial charge >= 0.3 is 0 Å². The van der Waals surface area contributed by atoms with Gasteiger partial charge in [-0.25, -0.2) is 0 Å². The summed E-state index contributed by atoms with van der Waals surface area (Å²) in [6, 6.07) is 8.82. The lowest BCUT2D eigenvalue weighted by atomic mass is 10.1. The summed E-state index contributed by atoms with van der Waals surface area (Å²) in [7, 11) is 0. The predicted molar refractivity (Wildman–Crippen MR) is 100 cm³/mol. The number of aromatic amines is 1. The second kappa shape index (κ2) is 7.91. The molecule has 2 aromatic heterocycles. The van der Waals surface area contributed by atoms with Gasteiger partial charge in [0.2, 0.25) is 5.91 Å². The first kappa shape index (κ1) is 17.8. The van der Waals surface area contributed by atoms with E-state index in [0.29, 0.717) is 6.54 Å². The van der Waals surface area contributed by atoms with Crippen molar-refractivity contribution in [3.05, 3.63) is 59.7 Å². The van der Waals surface area contributed by atoms with Gasteiger partial charge < -0.3 is 20.0 Å². The molecule has 0 aliphatic rings. The summed E-state index contributed by atoms with van der Waals surface area (Å²) in [5.41, 5.74) is 3.62. The summed E-state index contributed by atoms with van der Waals surface area (Å²) in [4.78, 5) is 27.4. The second-order valence-electron chi connectivity index (χ2n) is 6.22. The predicted octanol–water partition coefficient (Wildman–Crippen LogP) is 2.80. The third-order valence-electron chi connectivity index (χ3n) is 4.45. The van der Waals surface area contributed by atoms with Crippen molar-refractivity contribution in [1.29, 1.82) is 0 Å². The first-order valence-corrected chi connectivity index (χ1v) is 8.80. The number of aromatic nitrogens is 1. The van der Waals surface area contributed by atoms with Crippen LogP contribution in [0.3, 0.4) is 0 Å². The Kier molecular flexibility index (Phi) is 5.41. The summed E-state index contributed by atoms with van der Waals surface area (Å²) < 4.78 is 5.02. The average molecular weight is 353 g/mol. The zero-order valence-electron chi connectivity index (χ0n) is 15.0. The standard InChI is InChI=1S/C20H23N3O3/c1-3-14-6-4-7-16-15(12-22-18(14)16)9-10-21-19(24)13(2)23-20(25)17-8-5-11-26-17/h4-8,11-13,22H,3,9-10H2,1-2H3,(H,21,24)(H,23,25). The molecule has 2 heterocycles. The van der Waals surface area contributed by atoms with Crippen LogP contribution in [0.5, 0.6) is 0 Å². The number of carbonyl (C=O) groups excluding carboxylic acids is 2. The number of amides is 2. The van der Waals surface area contributed by atoms with Crippen LogP contribution in [0.25, 0.3) is 10.9 Å². The highest BCUT2D eigenvalue weighted by molar-refractivity contribution is 5.95. The summed E-state index contributed by atoms with van der Waals surface area (Å²) in [6.45, 7) is 4.28. The fourth-order valence-corrected chi connectivity index (χ4v) is 2.99.